The molecule has 0 saturated carbocycles. The second-order valence-corrected chi connectivity index (χ2v) is 13.4. The highest BCUT2D eigenvalue weighted by molar-refractivity contribution is 6.74. The Labute approximate surface area is 158 Å². The molecule has 0 bridgehead atoms. The minimum atomic E-state index is -1.91. The molecule has 26 heavy (non-hydrogen) atoms. The van der Waals surface area contributed by atoms with E-state index in [1.807, 2.05) is 6.07 Å². The molecule has 2 aromatic carbocycles. The van der Waals surface area contributed by atoms with E-state index in [2.05, 4.69) is 87.7 Å². The van der Waals surface area contributed by atoms with E-state index in [-0.39, 0.29) is 11.1 Å². The quantitative estimate of drug-likeness (QED) is 0.542. The van der Waals surface area contributed by atoms with Gasteiger partial charge >= 0.3 is 0 Å². The van der Waals surface area contributed by atoms with E-state index >= 15 is 0 Å². The Kier molecular flexibility index (Phi) is 5.29. The van der Waals surface area contributed by atoms with Gasteiger partial charge in [0.15, 0.2) is 8.32 Å². The number of hydrogen-bond acceptors (Lipinski definition) is 3. The first-order chi connectivity index (χ1) is 12.2. The predicted octanol–water partition coefficient (Wildman–Crippen LogP) is 5.47. The van der Waals surface area contributed by atoms with Crippen LogP contribution in [0.25, 0.3) is 0 Å². The highest BCUT2D eigenvalue weighted by atomic mass is 28.4. The molecule has 0 unspecified atom stereocenters. The van der Waals surface area contributed by atoms with Gasteiger partial charge < -0.3 is 14.5 Å². The van der Waals surface area contributed by atoms with Crippen molar-refractivity contribution in [2.45, 2.75) is 57.1 Å². The van der Waals surface area contributed by atoms with Crippen molar-refractivity contribution in [1.82, 2.24) is 5.32 Å². The molecule has 3 atom stereocenters. The van der Waals surface area contributed by atoms with Gasteiger partial charge in [0.2, 0.25) is 0 Å². The van der Waals surface area contributed by atoms with Crippen LogP contribution in [0.3, 0.4) is 0 Å². The molecule has 3 rings (SSSR count). The topological polar surface area (TPSA) is 40.4 Å². The molecule has 1 aliphatic rings. The maximum atomic E-state index is 6.88. The summed E-state index contributed by atoms with van der Waals surface area (Å²) in [5.41, 5.74) is 2.51. The van der Waals surface area contributed by atoms with Crippen molar-refractivity contribution in [1.29, 1.82) is 0 Å². The van der Waals surface area contributed by atoms with Gasteiger partial charge in [-0.05, 0) is 41.4 Å². The van der Waals surface area contributed by atoms with Crippen molar-refractivity contribution in [3.63, 3.8) is 0 Å². The van der Waals surface area contributed by atoms with E-state index in [4.69, 9.17) is 9.16 Å². The Morgan fingerprint density at radius 1 is 1.00 bits per heavy atom. The van der Waals surface area contributed by atoms with Gasteiger partial charge in [0.1, 0.15) is 5.75 Å². The Hall–Kier alpha value is -1.62. The molecule has 1 heterocycles. The standard InChI is InChI=1S/C22H31NO2Si/c1-22(2,3)26(5,6)25-21(17-13-10-14-18(15-17)24-4)20-19(23-20)16-11-8-7-9-12-16/h7-15,19-21,23H,1-6H3/t19-,20+,21-/m0/s1. The Morgan fingerprint density at radius 3 is 2.31 bits per heavy atom. The summed E-state index contributed by atoms with van der Waals surface area (Å²) in [5, 5.41) is 3.82. The first kappa shape index (κ1) is 19.1. The normalized spacial score (nSPS) is 21.3. The van der Waals surface area contributed by atoms with Crippen molar-refractivity contribution in [3.05, 3.63) is 65.7 Å². The largest absolute Gasteiger partial charge is 0.497 e. The van der Waals surface area contributed by atoms with Crippen molar-refractivity contribution >= 4 is 8.32 Å². The molecular formula is C22H31NO2Si. The summed E-state index contributed by atoms with van der Waals surface area (Å²) in [6.45, 7) is 11.5. The maximum Gasteiger partial charge on any atom is 0.192 e. The van der Waals surface area contributed by atoms with E-state index in [1.54, 1.807) is 7.11 Å². The van der Waals surface area contributed by atoms with Crippen LogP contribution < -0.4 is 10.1 Å². The van der Waals surface area contributed by atoms with Crippen LogP contribution in [-0.4, -0.2) is 21.5 Å². The first-order valence-electron chi connectivity index (χ1n) is 9.36. The predicted molar refractivity (Wildman–Crippen MR) is 110 cm³/mol. The third-order valence-electron chi connectivity index (χ3n) is 5.76. The zero-order valence-corrected chi connectivity index (χ0v) is 17.7. The number of benzene rings is 2. The van der Waals surface area contributed by atoms with Gasteiger partial charge in [0.25, 0.3) is 0 Å². The van der Waals surface area contributed by atoms with Crippen molar-refractivity contribution in [2.24, 2.45) is 0 Å². The van der Waals surface area contributed by atoms with Gasteiger partial charge in [0, 0.05) is 0 Å². The highest BCUT2D eigenvalue weighted by Crippen LogP contribution is 2.46. The Morgan fingerprint density at radius 2 is 1.69 bits per heavy atom. The second kappa shape index (κ2) is 7.18. The maximum absolute atomic E-state index is 6.88. The van der Waals surface area contributed by atoms with Gasteiger partial charge in [-0.1, -0.05) is 63.2 Å². The molecule has 3 nitrogen and oxygen atoms in total. The van der Waals surface area contributed by atoms with Crippen molar-refractivity contribution in [3.8, 4) is 5.75 Å². The van der Waals surface area contributed by atoms with E-state index in [0.717, 1.165) is 5.75 Å². The first-order valence-corrected chi connectivity index (χ1v) is 12.3. The molecular weight excluding hydrogens is 338 g/mol. The summed E-state index contributed by atoms with van der Waals surface area (Å²) in [5.74, 6) is 0.878. The summed E-state index contributed by atoms with van der Waals surface area (Å²) >= 11 is 0. The SMILES string of the molecule is COc1cccc([C@H](O[Si](C)(C)C(C)(C)C)[C@@H]2N[C@H]2c2ccccc2)c1. The van der Waals surface area contributed by atoms with Crippen LogP contribution in [0.2, 0.25) is 18.1 Å². The van der Waals surface area contributed by atoms with Crippen LogP contribution in [0.4, 0.5) is 0 Å². The smallest absolute Gasteiger partial charge is 0.192 e. The second-order valence-electron chi connectivity index (χ2n) is 8.66. The molecule has 2 aromatic rings. The minimum absolute atomic E-state index is 0.0243. The van der Waals surface area contributed by atoms with Crippen LogP contribution in [0.15, 0.2) is 54.6 Å². The van der Waals surface area contributed by atoms with E-state index in [0.29, 0.717) is 12.1 Å². The average Bonchev–Trinajstić information content (AvgIpc) is 3.40. The molecule has 0 aromatic heterocycles. The van der Waals surface area contributed by atoms with Crippen LogP contribution in [0.1, 0.15) is 44.0 Å². The molecule has 4 heteroatoms. The van der Waals surface area contributed by atoms with Crippen LogP contribution >= 0.6 is 0 Å². The van der Waals surface area contributed by atoms with E-state index in [1.165, 1.54) is 11.1 Å². The zero-order chi connectivity index (χ0) is 18.9. The van der Waals surface area contributed by atoms with Crippen LogP contribution in [0, 0.1) is 0 Å². The Balaban J connectivity index is 1.90. The van der Waals surface area contributed by atoms with Gasteiger partial charge in [-0.25, -0.2) is 0 Å². The summed E-state index contributed by atoms with van der Waals surface area (Å²) in [6, 6.07) is 19.6. The number of rotatable bonds is 6. The fraction of sp³-hybridized carbons (Fsp3) is 0.455. The zero-order valence-electron chi connectivity index (χ0n) is 16.7. The fourth-order valence-electron chi connectivity index (χ4n) is 3.04. The summed E-state index contributed by atoms with van der Waals surface area (Å²) in [6.07, 6.45) is 0.0243. The minimum Gasteiger partial charge on any atom is -0.497 e. The third kappa shape index (κ3) is 4.03. The summed E-state index contributed by atoms with van der Waals surface area (Å²) in [4.78, 5) is 0. The molecule has 0 radical (unpaired) electrons. The molecule has 1 fully saturated rings. The van der Waals surface area contributed by atoms with Crippen LogP contribution in [0.5, 0.6) is 5.75 Å². The Bertz CT molecular complexity index is 739. The third-order valence-corrected chi connectivity index (χ3v) is 10.2. The number of ether oxygens (including phenoxy) is 1. The molecule has 1 saturated heterocycles. The molecule has 0 spiro atoms. The van der Waals surface area contributed by atoms with Crippen molar-refractivity contribution in [2.75, 3.05) is 7.11 Å². The van der Waals surface area contributed by atoms with E-state index < -0.39 is 8.32 Å². The van der Waals surface area contributed by atoms with Crippen molar-refractivity contribution < 1.29 is 9.16 Å². The monoisotopic (exact) mass is 369 g/mol. The number of methoxy groups -OCH3 is 1. The molecule has 0 amide bonds. The summed E-state index contributed by atoms with van der Waals surface area (Å²) in [7, 11) is -0.199. The lowest BCUT2D eigenvalue weighted by Crippen LogP contribution is -2.43. The van der Waals surface area contributed by atoms with Gasteiger partial charge in [0.05, 0.1) is 25.3 Å². The van der Waals surface area contributed by atoms with Gasteiger partial charge in [-0.3, -0.25) is 0 Å². The van der Waals surface area contributed by atoms with Crippen LogP contribution in [-0.2, 0) is 4.43 Å². The number of hydrogen-bond donors (Lipinski definition) is 1. The fourth-order valence-corrected chi connectivity index (χ4v) is 4.31. The average molecular weight is 370 g/mol. The van der Waals surface area contributed by atoms with Gasteiger partial charge in [-0.15, -0.1) is 0 Å². The molecule has 1 aliphatic heterocycles. The molecule has 140 valence electrons. The van der Waals surface area contributed by atoms with E-state index in [9.17, 15) is 0 Å². The molecule has 0 aliphatic carbocycles. The summed E-state index contributed by atoms with van der Waals surface area (Å²) < 4.78 is 12.3. The lowest BCUT2D eigenvalue weighted by atomic mass is 10.0. The lowest BCUT2D eigenvalue weighted by molar-refractivity contribution is 0.179. The highest BCUT2D eigenvalue weighted by Gasteiger charge is 2.48. The van der Waals surface area contributed by atoms with Gasteiger partial charge in [-0.2, -0.15) is 0 Å². The number of nitrogens with one attached hydrogen (secondary N) is 1. The lowest BCUT2D eigenvalue weighted by Gasteiger charge is -2.39. The molecule has 1 N–H and O–H groups in total.